The van der Waals surface area contributed by atoms with Crippen LogP contribution in [0.2, 0.25) is 0 Å². The largest absolute Gasteiger partial charge is 0.336 e. The van der Waals surface area contributed by atoms with Crippen LogP contribution < -0.4 is 5.32 Å². The van der Waals surface area contributed by atoms with Gasteiger partial charge in [-0.15, -0.1) is 0 Å². The molecule has 9 heteroatoms. The second-order valence-electron chi connectivity index (χ2n) is 9.27. The summed E-state index contributed by atoms with van der Waals surface area (Å²) in [5.41, 5.74) is -0.792. The zero-order chi connectivity index (χ0) is 20.9. The van der Waals surface area contributed by atoms with Gasteiger partial charge >= 0.3 is 0 Å². The smallest absolute Gasteiger partial charge is 0.267 e. The molecule has 0 aromatic carbocycles. The molecule has 2 amide bonds. The average molecular weight is 412 g/mol. The zero-order valence-corrected chi connectivity index (χ0v) is 16.4. The molecule has 5 aliphatic rings. The maximum absolute atomic E-state index is 13.6. The van der Waals surface area contributed by atoms with Gasteiger partial charge in [-0.25, -0.2) is 13.2 Å². The van der Waals surface area contributed by atoms with Crippen LogP contribution in [0.25, 0.3) is 0 Å². The van der Waals surface area contributed by atoms with Crippen molar-refractivity contribution in [1.82, 2.24) is 15.1 Å². The number of nitrogens with one attached hydrogen (secondary N) is 1. The maximum atomic E-state index is 13.6. The van der Waals surface area contributed by atoms with Gasteiger partial charge in [-0.1, -0.05) is 0 Å². The summed E-state index contributed by atoms with van der Waals surface area (Å²) < 4.78 is 40.6. The number of nitriles is 1. The van der Waals surface area contributed by atoms with Crippen molar-refractivity contribution in [3.8, 4) is 6.07 Å². The second-order valence-corrected chi connectivity index (χ2v) is 9.27. The Balaban J connectivity index is 1.32. The topological polar surface area (TPSA) is 76.4 Å². The predicted octanol–water partition coefficient (Wildman–Crippen LogP) is 2.00. The number of hydrogen-bond donors (Lipinski definition) is 1. The van der Waals surface area contributed by atoms with E-state index >= 15 is 0 Å². The Morgan fingerprint density at radius 3 is 2.31 bits per heavy atom. The first kappa shape index (κ1) is 20.5. The minimum absolute atomic E-state index is 0.0379. The number of likely N-dealkylation sites (tertiary alicyclic amines) is 2. The highest BCUT2D eigenvalue weighted by molar-refractivity contribution is 5.84. The fraction of sp³-hybridized carbons (Fsp3) is 0.850. The lowest BCUT2D eigenvalue weighted by Crippen LogP contribution is -2.60. The highest BCUT2D eigenvalue weighted by Gasteiger charge is 2.55. The summed E-state index contributed by atoms with van der Waals surface area (Å²) >= 11 is 0. The summed E-state index contributed by atoms with van der Waals surface area (Å²) in [5, 5.41) is 12.4. The third-order valence-electron chi connectivity index (χ3n) is 7.49. The van der Waals surface area contributed by atoms with E-state index in [-0.39, 0.29) is 49.8 Å². The Bertz CT molecular complexity index is 713. The van der Waals surface area contributed by atoms with E-state index in [1.165, 1.54) is 9.80 Å². The van der Waals surface area contributed by atoms with E-state index in [1.54, 1.807) is 0 Å². The zero-order valence-electron chi connectivity index (χ0n) is 16.4. The molecule has 160 valence electrons. The van der Waals surface area contributed by atoms with E-state index in [0.717, 1.165) is 0 Å². The fourth-order valence-corrected chi connectivity index (χ4v) is 5.56. The number of rotatable bonds is 4. The van der Waals surface area contributed by atoms with Crippen molar-refractivity contribution in [2.75, 3.05) is 26.2 Å². The molecule has 0 spiro atoms. The number of carbonyl (C=O) groups is 2. The molecule has 3 saturated carbocycles. The van der Waals surface area contributed by atoms with Crippen LogP contribution in [0, 0.1) is 16.7 Å². The molecule has 6 nitrogen and oxygen atoms in total. The Labute approximate surface area is 168 Å². The third-order valence-corrected chi connectivity index (χ3v) is 7.49. The van der Waals surface area contributed by atoms with Crippen molar-refractivity contribution in [3.63, 3.8) is 0 Å². The Kier molecular flexibility index (Phi) is 5.04. The molecule has 3 aliphatic carbocycles. The minimum atomic E-state index is -2.78. The van der Waals surface area contributed by atoms with Gasteiger partial charge in [-0.3, -0.25) is 9.59 Å². The molecule has 0 radical (unpaired) electrons. The molecule has 2 saturated heterocycles. The number of nitrogens with zero attached hydrogens (tertiary/aromatic N) is 3. The van der Waals surface area contributed by atoms with E-state index in [4.69, 9.17) is 5.26 Å². The second kappa shape index (κ2) is 7.15. The van der Waals surface area contributed by atoms with Gasteiger partial charge in [0.25, 0.3) is 5.92 Å². The number of alkyl halides is 3. The number of amides is 2. The average Bonchev–Trinajstić information content (AvgIpc) is 3.28. The van der Waals surface area contributed by atoms with Crippen LogP contribution in [0.3, 0.4) is 0 Å². The molecule has 1 N–H and O–H groups in total. The monoisotopic (exact) mass is 412 g/mol. The van der Waals surface area contributed by atoms with Crippen molar-refractivity contribution < 1.29 is 22.8 Å². The molecule has 2 aliphatic heterocycles. The first-order valence-corrected chi connectivity index (χ1v) is 10.4. The van der Waals surface area contributed by atoms with Crippen molar-refractivity contribution in [3.05, 3.63) is 0 Å². The SMILES string of the molecule is N#C[C@@H]1C[C@H](F)CN1C(=O)CNC12CCC(C(=O)N3CCC(F)(F)C3)(CC1)CC2. The van der Waals surface area contributed by atoms with E-state index in [1.807, 2.05) is 6.07 Å². The molecule has 29 heavy (non-hydrogen) atoms. The molecule has 2 atom stereocenters. The molecule has 2 bridgehead atoms. The molecule has 5 rings (SSSR count). The normalized spacial score (nSPS) is 38.3. The van der Waals surface area contributed by atoms with E-state index < -0.39 is 30.1 Å². The fourth-order valence-electron chi connectivity index (χ4n) is 5.56. The Hall–Kier alpha value is -1.82. The van der Waals surface area contributed by atoms with Crippen molar-refractivity contribution >= 4 is 11.8 Å². The molecule has 2 heterocycles. The maximum Gasteiger partial charge on any atom is 0.267 e. The number of carbonyl (C=O) groups excluding carboxylic acids is 2. The lowest BCUT2D eigenvalue weighted by atomic mass is 9.56. The lowest BCUT2D eigenvalue weighted by Gasteiger charge is -2.53. The van der Waals surface area contributed by atoms with Crippen LogP contribution in [0.1, 0.15) is 51.4 Å². The number of fused-ring (bicyclic) bond motifs is 3. The quantitative estimate of drug-likeness (QED) is 0.766. The molecular weight excluding hydrogens is 385 g/mol. The summed E-state index contributed by atoms with van der Waals surface area (Å²) in [5.74, 6) is -3.19. The van der Waals surface area contributed by atoms with Gasteiger partial charge in [0.05, 0.1) is 25.7 Å². The number of halogens is 3. The summed E-state index contributed by atoms with van der Waals surface area (Å²) in [7, 11) is 0. The van der Waals surface area contributed by atoms with Crippen LogP contribution >= 0.6 is 0 Å². The predicted molar refractivity (Wildman–Crippen MR) is 97.6 cm³/mol. The van der Waals surface area contributed by atoms with Crippen molar-refractivity contribution in [1.29, 1.82) is 5.26 Å². The molecule has 0 aromatic rings. The summed E-state index contributed by atoms with van der Waals surface area (Å²) in [4.78, 5) is 28.1. The molecule has 5 fully saturated rings. The van der Waals surface area contributed by atoms with Gasteiger partial charge in [0.15, 0.2) is 0 Å². The molecule has 0 aromatic heterocycles. The van der Waals surface area contributed by atoms with Crippen LogP contribution in [-0.2, 0) is 9.59 Å². The van der Waals surface area contributed by atoms with E-state index in [9.17, 15) is 22.8 Å². The van der Waals surface area contributed by atoms with Gasteiger partial charge in [0.2, 0.25) is 11.8 Å². The standard InChI is InChI=1S/C20H27F3N4O2/c21-14-9-15(10-24)27(12-14)16(28)11-25-19-4-1-18(2-5-19,3-6-19)17(29)26-8-7-20(22,23)13-26/h14-15,25H,1-9,11-13H2/t14-,15-,18?,19?/m0/s1. The minimum Gasteiger partial charge on any atom is -0.336 e. The van der Waals surface area contributed by atoms with Crippen molar-refractivity contribution in [2.45, 2.75) is 75.0 Å². The van der Waals surface area contributed by atoms with E-state index in [2.05, 4.69) is 5.32 Å². The van der Waals surface area contributed by atoms with Crippen LogP contribution in [0.15, 0.2) is 0 Å². The molecule has 0 unspecified atom stereocenters. The third kappa shape index (κ3) is 3.72. The van der Waals surface area contributed by atoms with Crippen molar-refractivity contribution in [2.24, 2.45) is 5.41 Å². The van der Waals surface area contributed by atoms with Gasteiger partial charge in [-0.2, -0.15) is 5.26 Å². The van der Waals surface area contributed by atoms with Gasteiger partial charge < -0.3 is 15.1 Å². The van der Waals surface area contributed by atoms with Gasteiger partial charge in [0, 0.05) is 30.3 Å². The van der Waals surface area contributed by atoms with Gasteiger partial charge in [0.1, 0.15) is 12.2 Å². The first-order valence-electron chi connectivity index (χ1n) is 10.4. The lowest BCUT2D eigenvalue weighted by molar-refractivity contribution is -0.150. The van der Waals surface area contributed by atoms with Gasteiger partial charge in [-0.05, 0) is 38.5 Å². The van der Waals surface area contributed by atoms with Crippen LogP contribution in [0.4, 0.5) is 13.2 Å². The first-order chi connectivity index (χ1) is 13.7. The summed E-state index contributed by atoms with van der Waals surface area (Å²) in [6.45, 7) is -0.345. The van der Waals surface area contributed by atoms with Crippen LogP contribution in [0.5, 0.6) is 0 Å². The highest BCUT2D eigenvalue weighted by atomic mass is 19.3. The Morgan fingerprint density at radius 2 is 1.76 bits per heavy atom. The molecular formula is C20H27F3N4O2. The number of hydrogen-bond acceptors (Lipinski definition) is 4. The Morgan fingerprint density at radius 1 is 1.10 bits per heavy atom. The van der Waals surface area contributed by atoms with Crippen LogP contribution in [-0.4, -0.2) is 71.5 Å². The summed E-state index contributed by atoms with van der Waals surface area (Å²) in [6, 6.07) is 1.28. The van der Waals surface area contributed by atoms with E-state index in [0.29, 0.717) is 38.5 Å². The highest BCUT2D eigenvalue weighted by Crippen LogP contribution is 2.53. The summed E-state index contributed by atoms with van der Waals surface area (Å²) in [6.07, 6.45) is 2.67.